The number of hydrogen-bond acceptors (Lipinski definition) is 1. The number of carbonyl (C=O) groups is 1. The summed E-state index contributed by atoms with van der Waals surface area (Å²) in [6, 6.07) is 13.7. The number of Topliss-reactive ketones (excluding diaryl/α,β-unsaturated/α-hetero) is 1. The van der Waals surface area contributed by atoms with Gasteiger partial charge in [0.1, 0.15) is 0 Å². The fourth-order valence-corrected chi connectivity index (χ4v) is 1.53. The van der Waals surface area contributed by atoms with Gasteiger partial charge in [-0.3, -0.25) is 4.79 Å². The Kier molecular flexibility index (Phi) is 4.04. The molecule has 0 aliphatic carbocycles. The Morgan fingerprint density at radius 1 is 0.933 bits per heavy atom. The molecule has 0 aliphatic heterocycles. The predicted octanol–water partition coefficient (Wildman–Crippen LogP) is 4.07. The third kappa shape index (κ3) is 2.44. The van der Waals surface area contributed by atoms with Crippen LogP contribution in [0.1, 0.15) is 31.1 Å². The second-order valence-electron chi connectivity index (χ2n) is 3.08. The minimum atomic E-state index is 0.122. The van der Waals surface area contributed by atoms with E-state index in [1.807, 2.05) is 56.3 Å². The monoisotopic (exact) mass is 200 g/mol. The Bertz CT molecular complexity index is 452. The van der Waals surface area contributed by atoms with Gasteiger partial charge in [-0.1, -0.05) is 56.3 Å². The van der Waals surface area contributed by atoms with E-state index in [4.69, 9.17) is 0 Å². The van der Waals surface area contributed by atoms with Crippen LogP contribution in [0.2, 0.25) is 0 Å². The van der Waals surface area contributed by atoms with Crippen molar-refractivity contribution in [3.05, 3.63) is 48.0 Å². The molecule has 0 saturated heterocycles. The maximum absolute atomic E-state index is 11.3. The normalized spacial score (nSPS) is 9.27. The predicted molar refractivity (Wildman–Crippen MR) is 65.3 cm³/mol. The summed E-state index contributed by atoms with van der Waals surface area (Å²) in [7, 11) is 0. The zero-order valence-corrected chi connectivity index (χ0v) is 9.45. The Morgan fingerprint density at radius 2 is 1.53 bits per heavy atom. The summed E-state index contributed by atoms with van der Waals surface area (Å²) < 4.78 is 0. The number of hydrogen-bond donors (Lipinski definition) is 0. The van der Waals surface area contributed by atoms with Gasteiger partial charge in [-0.15, -0.1) is 0 Å². The molecule has 0 radical (unpaired) electrons. The molecule has 1 heteroatoms. The molecule has 0 amide bonds. The van der Waals surface area contributed by atoms with E-state index in [1.165, 1.54) is 0 Å². The first kappa shape index (κ1) is 11.4. The molecule has 1 nitrogen and oxygen atoms in total. The molecule has 0 aliphatic rings. The van der Waals surface area contributed by atoms with Crippen molar-refractivity contribution in [2.45, 2.75) is 20.8 Å². The van der Waals surface area contributed by atoms with Gasteiger partial charge < -0.3 is 0 Å². The second-order valence-corrected chi connectivity index (χ2v) is 3.08. The SMILES string of the molecule is CC.CC(=O)c1cccc2ccccc12. The van der Waals surface area contributed by atoms with E-state index in [2.05, 4.69) is 0 Å². The molecule has 0 fully saturated rings. The molecule has 0 atom stereocenters. The van der Waals surface area contributed by atoms with Crippen molar-refractivity contribution in [1.29, 1.82) is 0 Å². The fourth-order valence-electron chi connectivity index (χ4n) is 1.53. The summed E-state index contributed by atoms with van der Waals surface area (Å²) in [5.74, 6) is 0.122. The summed E-state index contributed by atoms with van der Waals surface area (Å²) >= 11 is 0. The van der Waals surface area contributed by atoms with Crippen molar-refractivity contribution < 1.29 is 4.79 Å². The van der Waals surface area contributed by atoms with E-state index < -0.39 is 0 Å². The highest BCUT2D eigenvalue weighted by Crippen LogP contribution is 2.18. The number of fused-ring (bicyclic) bond motifs is 1. The van der Waals surface area contributed by atoms with Crippen molar-refractivity contribution in [1.82, 2.24) is 0 Å². The fraction of sp³-hybridized carbons (Fsp3) is 0.214. The lowest BCUT2D eigenvalue weighted by Gasteiger charge is -2.01. The highest BCUT2D eigenvalue weighted by Gasteiger charge is 2.02. The van der Waals surface area contributed by atoms with Gasteiger partial charge in [-0.2, -0.15) is 0 Å². The van der Waals surface area contributed by atoms with Crippen LogP contribution in [-0.4, -0.2) is 5.78 Å². The van der Waals surface area contributed by atoms with Crippen LogP contribution in [0, 0.1) is 0 Å². The molecular formula is C14H16O. The molecule has 2 aromatic rings. The highest BCUT2D eigenvalue weighted by atomic mass is 16.1. The minimum Gasteiger partial charge on any atom is -0.294 e. The quantitative estimate of drug-likeness (QED) is 0.634. The van der Waals surface area contributed by atoms with E-state index in [0.717, 1.165) is 16.3 Å². The van der Waals surface area contributed by atoms with Gasteiger partial charge >= 0.3 is 0 Å². The first-order valence-corrected chi connectivity index (χ1v) is 5.28. The Hall–Kier alpha value is -1.63. The smallest absolute Gasteiger partial charge is 0.160 e. The van der Waals surface area contributed by atoms with Gasteiger partial charge in [0.2, 0.25) is 0 Å². The molecule has 0 unspecified atom stereocenters. The molecule has 15 heavy (non-hydrogen) atoms. The largest absolute Gasteiger partial charge is 0.294 e. The van der Waals surface area contributed by atoms with Crippen LogP contribution in [-0.2, 0) is 0 Å². The molecule has 2 aromatic carbocycles. The number of ketones is 1. The summed E-state index contributed by atoms with van der Waals surface area (Å²) in [6.07, 6.45) is 0. The first-order valence-electron chi connectivity index (χ1n) is 5.28. The topological polar surface area (TPSA) is 17.1 Å². The third-order valence-electron chi connectivity index (χ3n) is 2.17. The van der Waals surface area contributed by atoms with Gasteiger partial charge in [0.25, 0.3) is 0 Å². The van der Waals surface area contributed by atoms with E-state index in [9.17, 15) is 4.79 Å². The zero-order chi connectivity index (χ0) is 11.3. The van der Waals surface area contributed by atoms with Crippen LogP contribution in [0.4, 0.5) is 0 Å². The van der Waals surface area contributed by atoms with Crippen molar-refractivity contribution in [2.75, 3.05) is 0 Å². The van der Waals surface area contributed by atoms with E-state index in [1.54, 1.807) is 6.92 Å². The zero-order valence-electron chi connectivity index (χ0n) is 9.45. The highest BCUT2D eigenvalue weighted by molar-refractivity contribution is 6.06. The molecule has 0 N–H and O–H groups in total. The van der Waals surface area contributed by atoms with E-state index in [-0.39, 0.29) is 5.78 Å². The molecule has 0 bridgehead atoms. The summed E-state index contributed by atoms with van der Waals surface area (Å²) in [5.41, 5.74) is 0.804. The number of rotatable bonds is 1. The van der Waals surface area contributed by atoms with Gasteiger partial charge in [-0.05, 0) is 17.7 Å². The van der Waals surface area contributed by atoms with Gasteiger partial charge in [0.05, 0.1) is 0 Å². The Balaban J connectivity index is 0.000000531. The van der Waals surface area contributed by atoms with Crippen molar-refractivity contribution >= 4 is 16.6 Å². The van der Waals surface area contributed by atoms with Crippen LogP contribution < -0.4 is 0 Å². The molecule has 0 saturated carbocycles. The van der Waals surface area contributed by atoms with Crippen LogP contribution in [0.3, 0.4) is 0 Å². The van der Waals surface area contributed by atoms with Crippen LogP contribution in [0.25, 0.3) is 10.8 Å². The van der Waals surface area contributed by atoms with Gasteiger partial charge in [0, 0.05) is 5.56 Å². The van der Waals surface area contributed by atoms with Crippen molar-refractivity contribution in [2.24, 2.45) is 0 Å². The minimum absolute atomic E-state index is 0.122. The van der Waals surface area contributed by atoms with Crippen LogP contribution in [0.15, 0.2) is 42.5 Å². The van der Waals surface area contributed by atoms with Gasteiger partial charge in [0.15, 0.2) is 5.78 Å². The lowest BCUT2D eigenvalue weighted by atomic mass is 10.0. The van der Waals surface area contributed by atoms with Gasteiger partial charge in [-0.25, -0.2) is 0 Å². The molecule has 0 aromatic heterocycles. The lowest BCUT2D eigenvalue weighted by molar-refractivity contribution is 0.101. The van der Waals surface area contributed by atoms with Crippen LogP contribution >= 0.6 is 0 Å². The summed E-state index contributed by atoms with van der Waals surface area (Å²) in [4.78, 5) is 11.3. The molecule has 2 rings (SSSR count). The summed E-state index contributed by atoms with van der Waals surface area (Å²) in [6.45, 7) is 5.60. The molecule has 0 spiro atoms. The maximum atomic E-state index is 11.3. The second kappa shape index (κ2) is 5.30. The maximum Gasteiger partial charge on any atom is 0.160 e. The molecule has 0 heterocycles. The number of carbonyl (C=O) groups excluding carboxylic acids is 1. The average molecular weight is 200 g/mol. The van der Waals surface area contributed by atoms with E-state index >= 15 is 0 Å². The number of benzene rings is 2. The molecule has 78 valence electrons. The first-order chi connectivity index (χ1) is 7.29. The summed E-state index contributed by atoms with van der Waals surface area (Å²) in [5, 5.41) is 2.16. The van der Waals surface area contributed by atoms with Crippen molar-refractivity contribution in [3.63, 3.8) is 0 Å². The average Bonchev–Trinajstić information content (AvgIpc) is 2.31. The van der Waals surface area contributed by atoms with E-state index in [0.29, 0.717) is 0 Å². The lowest BCUT2D eigenvalue weighted by Crippen LogP contribution is -1.92. The standard InChI is InChI=1S/C12H10O.C2H6/c1-9(13)11-8-4-6-10-5-2-3-7-12(10)11;1-2/h2-8H,1H3;1-2H3. The van der Waals surface area contributed by atoms with Crippen LogP contribution in [0.5, 0.6) is 0 Å². The third-order valence-corrected chi connectivity index (χ3v) is 2.17. The van der Waals surface area contributed by atoms with Crippen molar-refractivity contribution in [3.8, 4) is 0 Å². The Morgan fingerprint density at radius 3 is 2.20 bits per heavy atom. The Labute approximate surface area is 90.7 Å². The molecular weight excluding hydrogens is 184 g/mol.